The number of nitrogen functional groups attached to an aromatic ring is 1. The van der Waals surface area contributed by atoms with Crippen molar-refractivity contribution < 1.29 is 8.42 Å². The Labute approximate surface area is 125 Å². The molecule has 1 atom stereocenters. The lowest BCUT2D eigenvalue weighted by Crippen LogP contribution is -2.27. The van der Waals surface area contributed by atoms with Gasteiger partial charge in [-0.15, -0.1) is 0 Å². The first kappa shape index (κ1) is 15.5. The average Bonchev–Trinajstić information content (AvgIpc) is 2.43. The van der Waals surface area contributed by atoms with E-state index in [0.29, 0.717) is 11.3 Å². The number of anilines is 1. The first-order valence-electron chi connectivity index (χ1n) is 6.60. The molecule has 0 aliphatic carbocycles. The maximum Gasteiger partial charge on any atom is 0.241 e. The number of aromatic nitrogens is 1. The Morgan fingerprint density at radius 2 is 2.00 bits per heavy atom. The van der Waals surface area contributed by atoms with E-state index in [0.717, 1.165) is 11.1 Å². The number of nitrogens with zero attached hydrogens (tertiary/aromatic N) is 1. The summed E-state index contributed by atoms with van der Waals surface area (Å²) in [6, 6.07) is 6.48. The summed E-state index contributed by atoms with van der Waals surface area (Å²) in [6.07, 6.45) is 3.29. The van der Waals surface area contributed by atoms with E-state index in [2.05, 4.69) is 9.71 Å². The van der Waals surface area contributed by atoms with E-state index in [1.54, 1.807) is 38.4 Å². The van der Waals surface area contributed by atoms with Crippen LogP contribution in [0.3, 0.4) is 0 Å². The van der Waals surface area contributed by atoms with E-state index >= 15 is 0 Å². The molecule has 0 amide bonds. The fourth-order valence-corrected chi connectivity index (χ4v) is 3.71. The van der Waals surface area contributed by atoms with Crippen molar-refractivity contribution in [2.24, 2.45) is 0 Å². The Hall–Kier alpha value is -1.92. The first-order chi connectivity index (χ1) is 9.81. The van der Waals surface area contributed by atoms with Crippen LogP contribution in [0.25, 0.3) is 0 Å². The molecular formula is C15H19N3O2S. The van der Waals surface area contributed by atoms with Crippen molar-refractivity contribution in [3.63, 3.8) is 0 Å². The number of rotatable bonds is 4. The fourth-order valence-electron chi connectivity index (χ4n) is 2.13. The minimum absolute atomic E-state index is 0.218. The first-order valence-corrected chi connectivity index (χ1v) is 8.08. The van der Waals surface area contributed by atoms with Gasteiger partial charge in [-0.25, -0.2) is 13.1 Å². The van der Waals surface area contributed by atoms with Crippen molar-refractivity contribution in [3.05, 3.63) is 53.3 Å². The maximum absolute atomic E-state index is 12.6. The number of benzene rings is 1. The zero-order valence-corrected chi connectivity index (χ0v) is 13.1. The molecule has 112 valence electrons. The highest BCUT2D eigenvalue weighted by Crippen LogP contribution is 2.24. The van der Waals surface area contributed by atoms with Gasteiger partial charge in [0.2, 0.25) is 10.0 Å². The molecule has 1 aromatic heterocycles. The number of hydrogen-bond acceptors (Lipinski definition) is 4. The van der Waals surface area contributed by atoms with Gasteiger partial charge in [0.25, 0.3) is 0 Å². The van der Waals surface area contributed by atoms with Crippen molar-refractivity contribution >= 4 is 15.7 Å². The third kappa shape index (κ3) is 3.40. The quantitative estimate of drug-likeness (QED) is 0.849. The summed E-state index contributed by atoms with van der Waals surface area (Å²) >= 11 is 0. The summed E-state index contributed by atoms with van der Waals surface area (Å²) in [5.41, 5.74) is 8.56. The Kier molecular flexibility index (Phi) is 4.29. The topological polar surface area (TPSA) is 85.1 Å². The summed E-state index contributed by atoms with van der Waals surface area (Å²) in [6.45, 7) is 5.40. The zero-order chi connectivity index (χ0) is 15.6. The predicted molar refractivity (Wildman–Crippen MR) is 83.3 cm³/mol. The Bertz CT molecular complexity index is 743. The van der Waals surface area contributed by atoms with Crippen molar-refractivity contribution in [1.29, 1.82) is 0 Å². The van der Waals surface area contributed by atoms with Crippen LogP contribution in [0.4, 0.5) is 5.69 Å². The largest absolute Gasteiger partial charge is 0.399 e. The van der Waals surface area contributed by atoms with Crippen LogP contribution in [0.5, 0.6) is 0 Å². The second kappa shape index (κ2) is 5.83. The smallest absolute Gasteiger partial charge is 0.241 e. The van der Waals surface area contributed by atoms with E-state index in [1.807, 2.05) is 13.0 Å². The van der Waals surface area contributed by atoms with Crippen molar-refractivity contribution in [1.82, 2.24) is 9.71 Å². The second-order valence-corrected chi connectivity index (χ2v) is 6.77. The molecule has 0 aliphatic heterocycles. The average molecular weight is 305 g/mol. The van der Waals surface area contributed by atoms with E-state index in [1.165, 1.54) is 6.07 Å². The molecule has 5 nitrogen and oxygen atoms in total. The van der Waals surface area contributed by atoms with Crippen LogP contribution in [0, 0.1) is 13.8 Å². The van der Waals surface area contributed by atoms with E-state index < -0.39 is 10.0 Å². The molecule has 21 heavy (non-hydrogen) atoms. The number of nitrogens with one attached hydrogen (secondary N) is 1. The summed E-state index contributed by atoms with van der Waals surface area (Å²) in [4.78, 5) is 4.22. The third-order valence-corrected chi connectivity index (χ3v) is 5.11. The van der Waals surface area contributed by atoms with Gasteiger partial charge in [0, 0.05) is 24.1 Å². The van der Waals surface area contributed by atoms with E-state index in [9.17, 15) is 8.42 Å². The van der Waals surface area contributed by atoms with Gasteiger partial charge in [-0.05, 0) is 55.7 Å². The Balaban J connectivity index is 2.35. The molecule has 0 radical (unpaired) electrons. The van der Waals surface area contributed by atoms with Gasteiger partial charge in [-0.3, -0.25) is 4.98 Å². The van der Waals surface area contributed by atoms with Gasteiger partial charge in [0.05, 0.1) is 4.90 Å². The number of nitrogens with two attached hydrogens (primary N) is 1. The van der Waals surface area contributed by atoms with Crippen molar-refractivity contribution in [2.75, 3.05) is 5.73 Å². The lowest BCUT2D eigenvalue weighted by Gasteiger charge is -2.17. The van der Waals surface area contributed by atoms with Gasteiger partial charge >= 0.3 is 0 Å². The van der Waals surface area contributed by atoms with Crippen LogP contribution in [-0.4, -0.2) is 13.4 Å². The molecule has 0 fully saturated rings. The van der Waals surface area contributed by atoms with Crippen LogP contribution < -0.4 is 10.5 Å². The Morgan fingerprint density at radius 1 is 1.29 bits per heavy atom. The molecule has 0 saturated carbocycles. The SMILES string of the molecule is Cc1cc(N)cc(S(=O)(=O)NC(C)c2cccnc2)c1C. The number of pyridine rings is 1. The predicted octanol–water partition coefficient (Wildman–Crippen LogP) is 2.32. The normalized spacial score (nSPS) is 13.1. The molecule has 0 saturated heterocycles. The number of sulfonamides is 1. The summed E-state index contributed by atoms with van der Waals surface area (Å²) in [5.74, 6) is 0. The number of aryl methyl sites for hydroxylation is 1. The Morgan fingerprint density at radius 3 is 2.62 bits per heavy atom. The number of hydrogen-bond donors (Lipinski definition) is 2. The van der Waals surface area contributed by atoms with Gasteiger partial charge < -0.3 is 5.73 Å². The monoisotopic (exact) mass is 305 g/mol. The highest BCUT2D eigenvalue weighted by molar-refractivity contribution is 7.89. The minimum atomic E-state index is -3.64. The molecule has 0 aliphatic rings. The lowest BCUT2D eigenvalue weighted by atomic mass is 10.1. The molecule has 1 unspecified atom stereocenters. The van der Waals surface area contributed by atoms with Crippen molar-refractivity contribution in [3.8, 4) is 0 Å². The standard InChI is InChI=1S/C15H19N3O2S/c1-10-7-14(16)8-15(11(10)2)21(19,20)18-12(3)13-5-4-6-17-9-13/h4-9,12,18H,16H2,1-3H3. The molecule has 6 heteroatoms. The third-order valence-electron chi connectivity index (χ3n) is 3.45. The van der Waals surface area contributed by atoms with Gasteiger partial charge in [0.1, 0.15) is 0 Å². The van der Waals surface area contributed by atoms with Crippen LogP contribution >= 0.6 is 0 Å². The summed E-state index contributed by atoms with van der Waals surface area (Å²) in [5, 5.41) is 0. The van der Waals surface area contributed by atoms with Crippen LogP contribution in [0.2, 0.25) is 0 Å². The minimum Gasteiger partial charge on any atom is -0.399 e. The molecule has 1 aromatic carbocycles. The van der Waals surface area contributed by atoms with Crippen LogP contribution in [0.15, 0.2) is 41.6 Å². The fraction of sp³-hybridized carbons (Fsp3) is 0.267. The lowest BCUT2D eigenvalue weighted by molar-refractivity contribution is 0.566. The van der Waals surface area contributed by atoms with Crippen molar-refractivity contribution in [2.45, 2.75) is 31.7 Å². The van der Waals surface area contributed by atoms with E-state index in [4.69, 9.17) is 5.73 Å². The summed E-state index contributed by atoms with van der Waals surface area (Å²) in [7, 11) is -3.64. The molecular weight excluding hydrogens is 286 g/mol. The van der Waals surface area contributed by atoms with E-state index in [-0.39, 0.29) is 10.9 Å². The molecule has 2 rings (SSSR count). The maximum atomic E-state index is 12.6. The highest BCUT2D eigenvalue weighted by Gasteiger charge is 2.21. The van der Waals surface area contributed by atoms with Gasteiger partial charge in [-0.2, -0.15) is 0 Å². The molecule has 2 aromatic rings. The second-order valence-electron chi connectivity index (χ2n) is 5.09. The van der Waals surface area contributed by atoms with Crippen LogP contribution in [0.1, 0.15) is 29.7 Å². The highest BCUT2D eigenvalue weighted by atomic mass is 32.2. The van der Waals surface area contributed by atoms with Gasteiger partial charge in [-0.1, -0.05) is 6.07 Å². The molecule has 3 N–H and O–H groups in total. The molecule has 0 bridgehead atoms. The van der Waals surface area contributed by atoms with Gasteiger partial charge in [0.15, 0.2) is 0 Å². The zero-order valence-electron chi connectivity index (χ0n) is 12.3. The molecule has 1 heterocycles. The molecule has 0 spiro atoms. The van der Waals surface area contributed by atoms with Crippen LogP contribution in [-0.2, 0) is 10.0 Å². The summed E-state index contributed by atoms with van der Waals surface area (Å²) < 4.78 is 27.8.